The highest BCUT2D eigenvalue weighted by Crippen LogP contribution is 2.38. The van der Waals surface area contributed by atoms with E-state index in [9.17, 15) is 8.78 Å². The Hall–Kier alpha value is -3.32. The van der Waals surface area contributed by atoms with E-state index in [1.807, 2.05) is 38.1 Å². The average molecular weight is 432 g/mol. The molecule has 0 amide bonds. The number of ether oxygens (including phenoxy) is 1. The molecule has 4 heterocycles. The lowest BCUT2D eigenvalue weighted by molar-refractivity contribution is 0.00393. The van der Waals surface area contributed by atoms with Gasteiger partial charge in [0.2, 0.25) is 0 Å². The molecule has 0 radical (unpaired) electrons. The van der Waals surface area contributed by atoms with Crippen molar-refractivity contribution >= 4 is 11.0 Å². The van der Waals surface area contributed by atoms with Crippen molar-refractivity contribution in [1.29, 1.82) is 0 Å². The molecule has 0 bridgehead atoms. The summed E-state index contributed by atoms with van der Waals surface area (Å²) < 4.78 is 34.2. The summed E-state index contributed by atoms with van der Waals surface area (Å²) in [6, 6.07) is 11.2. The Labute approximate surface area is 184 Å². The minimum Gasteiger partial charge on any atom is -0.373 e. The van der Waals surface area contributed by atoms with Crippen molar-refractivity contribution in [3.63, 3.8) is 0 Å². The highest BCUT2D eigenvalue weighted by molar-refractivity contribution is 5.90. The van der Waals surface area contributed by atoms with Crippen LogP contribution in [-0.4, -0.2) is 26.5 Å². The van der Waals surface area contributed by atoms with Crippen molar-refractivity contribution in [2.45, 2.75) is 38.7 Å². The molecule has 0 unspecified atom stereocenters. The first-order valence-electron chi connectivity index (χ1n) is 10.6. The molecule has 7 heteroatoms. The summed E-state index contributed by atoms with van der Waals surface area (Å²) >= 11 is 0. The lowest BCUT2D eigenvalue weighted by atomic mass is 9.91. The quantitative estimate of drug-likeness (QED) is 0.421. The van der Waals surface area contributed by atoms with Gasteiger partial charge in [-0.2, -0.15) is 0 Å². The number of nitrogens with zero attached hydrogens (tertiary/aromatic N) is 4. The van der Waals surface area contributed by atoms with Gasteiger partial charge < -0.3 is 4.74 Å². The normalized spacial score (nSPS) is 18.8. The summed E-state index contributed by atoms with van der Waals surface area (Å²) in [5.74, 6) is -0.656. The number of aromatic nitrogens is 4. The molecule has 0 saturated carbocycles. The van der Waals surface area contributed by atoms with Gasteiger partial charge in [-0.3, -0.25) is 4.98 Å². The van der Waals surface area contributed by atoms with Gasteiger partial charge in [-0.25, -0.2) is 23.7 Å². The Morgan fingerprint density at radius 1 is 0.938 bits per heavy atom. The molecule has 0 N–H and O–H groups in total. The van der Waals surface area contributed by atoms with Crippen LogP contribution in [0.4, 0.5) is 8.78 Å². The zero-order valence-electron chi connectivity index (χ0n) is 17.8. The van der Waals surface area contributed by atoms with Crippen LogP contribution in [0.25, 0.3) is 22.3 Å². The van der Waals surface area contributed by atoms with E-state index in [2.05, 4.69) is 9.97 Å². The standard InChI is InChI=1S/C25H22F2N4O/c1-14-3-5-20-23(19-6-4-18(26)13-21(19)27)30-24(31-25(20)29-14)17-8-10-32-22(12-17)16-7-9-28-15(2)11-16/h3-7,9,11,13,17,22H,8,10,12H2,1-2H3/t17-,22-/m1/s1. The molecule has 1 aromatic carbocycles. The Bertz CT molecular complexity index is 1310. The van der Waals surface area contributed by atoms with Crippen molar-refractivity contribution in [3.05, 3.63) is 83.1 Å². The van der Waals surface area contributed by atoms with E-state index in [4.69, 9.17) is 14.7 Å². The number of rotatable bonds is 3. The summed E-state index contributed by atoms with van der Waals surface area (Å²) in [7, 11) is 0. The maximum atomic E-state index is 14.7. The Balaban J connectivity index is 1.59. The van der Waals surface area contributed by atoms with Crippen molar-refractivity contribution in [2.24, 2.45) is 0 Å². The van der Waals surface area contributed by atoms with Crippen molar-refractivity contribution in [3.8, 4) is 11.3 Å². The van der Waals surface area contributed by atoms with E-state index in [0.29, 0.717) is 35.6 Å². The smallest absolute Gasteiger partial charge is 0.163 e. The zero-order chi connectivity index (χ0) is 22.2. The van der Waals surface area contributed by atoms with Crippen LogP contribution in [0, 0.1) is 25.5 Å². The van der Waals surface area contributed by atoms with E-state index < -0.39 is 11.6 Å². The molecule has 1 aliphatic heterocycles. The van der Waals surface area contributed by atoms with E-state index in [1.165, 1.54) is 12.1 Å². The number of benzene rings is 1. The van der Waals surface area contributed by atoms with Crippen LogP contribution in [0.2, 0.25) is 0 Å². The number of hydrogen-bond donors (Lipinski definition) is 0. The molecule has 32 heavy (non-hydrogen) atoms. The predicted octanol–water partition coefficient (Wildman–Crippen LogP) is 5.62. The fraction of sp³-hybridized carbons (Fsp3) is 0.280. The Morgan fingerprint density at radius 2 is 1.81 bits per heavy atom. The molecular formula is C25H22F2N4O. The summed E-state index contributed by atoms with van der Waals surface area (Å²) in [5, 5.41) is 0.637. The zero-order valence-corrected chi connectivity index (χ0v) is 17.8. The lowest BCUT2D eigenvalue weighted by Gasteiger charge is -2.29. The molecule has 0 aliphatic carbocycles. The fourth-order valence-electron chi connectivity index (χ4n) is 4.22. The van der Waals surface area contributed by atoms with Gasteiger partial charge >= 0.3 is 0 Å². The largest absolute Gasteiger partial charge is 0.373 e. The second kappa shape index (κ2) is 8.31. The molecule has 1 saturated heterocycles. The van der Waals surface area contributed by atoms with Crippen molar-refractivity contribution < 1.29 is 13.5 Å². The SMILES string of the molecule is Cc1cc([C@H]2C[C@H](c3nc(-c4ccc(F)cc4F)c4ccc(C)nc4n3)CCO2)ccn1. The van der Waals surface area contributed by atoms with Crippen molar-refractivity contribution in [2.75, 3.05) is 6.61 Å². The van der Waals surface area contributed by atoms with Gasteiger partial charge in [0.05, 0.1) is 11.8 Å². The molecule has 5 rings (SSSR count). The third-order valence-corrected chi connectivity index (χ3v) is 5.84. The number of halogens is 2. The molecular weight excluding hydrogens is 410 g/mol. The van der Waals surface area contributed by atoms with Gasteiger partial charge in [-0.1, -0.05) is 0 Å². The van der Waals surface area contributed by atoms with Gasteiger partial charge in [-0.15, -0.1) is 0 Å². The summed E-state index contributed by atoms with van der Waals surface area (Å²) in [5.41, 5.74) is 3.99. The minimum absolute atomic E-state index is 0.0243. The number of fused-ring (bicyclic) bond motifs is 1. The second-order valence-electron chi connectivity index (χ2n) is 8.19. The first kappa shape index (κ1) is 20.6. The maximum absolute atomic E-state index is 14.7. The molecule has 162 valence electrons. The van der Waals surface area contributed by atoms with Gasteiger partial charge in [0.15, 0.2) is 5.65 Å². The highest BCUT2D eigenvalue weighted by Gasteiger charge is 2.28. The Kier molecular flexibility index (Phi) is 5.35. The van der Waals surface area contributed by atoms with Crippen LogP contribution in [0.1, 0.15) is 47.6 Å². The highest BCUT2D eigenvalue weighted by atomic mass is 19.1. The topological polar surface area (TPSA) is 60.8 Å². The first-order chi connectivity index (χ1) is 15.5. The second-order valence-corrected chi connectivity index (χ2v) is 8.19. The monoisotopic (exact) mass is 432 g/mol. The average Bonchev–Trinajstić information content (AvgIpc) is 2.78. The lowest BCUT2D eigenvalue weighted by Crippen LogP contribution is -2.21. The molecule has 4 aromatic rings. The third-order valence-electron chi connectivity index (χ3n) is 5.84. The van der Waals surface area contributed by atoms with Gasteiger partial charge in [-0.05, 0) is 68.7 Å². The molecule has 2 atom stereocenters. The van der Waals surface area contributed by atoms with Crippen LogP contribution in [-0.2, 0) is 4.74 Å². The van der Waals surface area contributed by atoms with Crippen LogP contribution in [0.15, 0.2) is 48.7 Å². The van der Waals surface area contributed by atoms with Gasteiger partial charge in [0.1, 0.15) is 17.5 Å². The third kappa shape index (κ3) is 3.96. The van der Waals surface area contributed by atoms with Gasteiger partial charge in [0, 0.05) is 47.1 Å². The van der Waals surface area contributed by atoms with Crippen LogP contribution < -0.4 is 0 Å². The van der Waals surface area contributed by atoms with E-state index in [0.717, 1.165) is 29.4 Å². The number of aryl methyl sites for hydroxylation is 2. The Morgan fingerprint density at radius 3 is 2.62 bits per heavy atom. The van der Waals surface area contributed by atoms with Crippen LogP contribution >= 0.6 is 0 Å². The molecule has 1 fully saturated rings. The van der Waals surface area contributed by atoms with E-state index in [1.54, 1.807) is 6.20 Å². The fourth-order valence-corrected chi connectivity index (χ4v) is 4.22. The number of hydrogen-bond acceptors (Lipinski definition) is 5. The summed E-state index contributed by atoms with van der Waals surface area (Å²) in [6.07, 6.45) is 3.15. The minimum atomic E-state index is -0.659. The van der Waals surface area contributed by atoms with E-state index >= 15 is 0 Å². The molecule has 0 spiro atoms. The van der Waals surface area contributed by atoms with Crippen LogP contribution in [0.5, 0.6) is 0 Å². The maximum Gasteiger partial charge on any atom is 0.163 e. The van der Waals surface area contributed by atoms with Crippen LogP contribution in [0.3, 0.4) is 0 Å². The molecule has 5 nitrogen and oxygen atoms in total. The first-order valence-corrected chi connectivity index (χ1v) is 10.6. The number of pyridine rings is 2. The predicted molar refractivity (Wildman–Crippen MR) is 117 cm³/mol. The van der Waals surface area contributed by atoms with Gasteiger partial charge in [0.25, 0.3) is 0 Å². The molecule has 1 aliphatic rings. The molecule has 3 aromatic heterocycles. The van der Waals surface area contributed by atoms with Crippen molar-refractivity contribution in [1.82, 2.24) is 19.9 Å². The summed E-state index contributed by atoms with van der Waals surface area (Å²) in [4.78, 5) is 18.4. The van der Waals surface area contributed by atoms with E-state index in [-0.39, 0.29) is 17.6 Å². The summed E-state index contributed by atoms with van der Waals surface area (Å²) in [6.45, 7) is 4.41.